The topological polar surface area (TPSA) is 72.2 Å². The molecule has 3 aromatic rings. The Morgan fingerprint density at radius 1 is 1.06 bits per heavy atom. The molecule has 0 radical (unpaired) electrons. The van der Waals surface area contributed by atoms with Gasteiger partial charge in [0.15, 0.2) is 5.43 Å². The van der Waals surface area contributed by atoms with E-state index in [9.17, 15) is 9.59 Å². The quantitative estimate of drug-likeness (QED) is 0.532. The fourth-order valence-corrected chi connectivity index (χ4v) is 4.94. The van der Waals surface area contributed by atoms with Crippen LogP contribution in [0.3, 0.4) is 0 Å². The molecule has 0 aliphatic carbocycles. The molecule has 34 heavy (non-hydrogen) atoms. The van der Waals surface area contributed by atoms with E-state index in [-0.39, 0.29) is 17.1 Å². The van der Waals surface area contributed by atoms with Gasteiger partial charge < -0.3 is 18.8 Å². The van der Waals surface area contributed by atoms with Gasteiger partial charge in [0.25, 0.3) is 5.91 Å². The smallest absolute Gasteiger partial charge is 0.290 e. The summed E-state index contributed by atoms with van der Waals surface area (Å²) < 4.78 is 17.2. The number of rotatable bonds is 7. The maximum atomic E-state index is 13.7. The van der Waals surface area contributed by atoms with Gasteiger partial charge in [-0.3, -0.25) is 14.5 Å². The third kappa shape index (κ3) is 4.21. The molecule has 0 saturated carbocycles. The summed E-state index contributed by atoms with van der Waals surface area (Å²) >= 11 is 0. The number of fused-ring (bicyclic) bond motifs is 2. The predicted molar refractivity (Wildman–Crippen MR) is 130 cm³/mol. The SMILES string of the molecule is CCOc1cccc([C@@H]2c3c(oc4ccc(C)cc4c3=O)C(=O)N2CCCN2CCOCC2)c1. The van der Waals surface area contributed by atoms with Crippen molar-refractivity contribution in [3.05, 3.63) is 75.1 Å². The van der Waals surface area contributed by atoms with Gasteiger partial charge in [-0.25, -0.2) is 0 Å². The van der Waals surface area contributed by atoms with Gasteiger partial charge in [0.1, 0.15) is 11.3 Å². The van der Waals surface area contributed by atoms with Crippen LogP contribution in [0.2, 0.25) is 0 Å². The number of ether oxygens (including phenoxy) is 2. The molecular formula is C27H30N2O5. The lowest BCUT2D eigenvalue weighted by Crippen LogP contribution is -2.38. The van der Waals surface area contributed by atoms with Crippen LogP contribution >= 0.6 is 0 Å². The highest BCUT2D eigenvalue weighted by Crippen LogP contribution is 2.39. The molecule has 2 aromatic carbocycles. The molecule has 3 heterocycles. The van der Waals surface area contributed by atoms with E-state index in [1.807, 2.05) is 50.2 Å². The number of amides is 1. The first-order valence-corrected chi connectivity index (χ1v) is 12.0. The van der Waals surface area contributed by atoms with Crippen molar-refractivity contribution in [1.82, 2.24) is 9.80 Å². The van der Waals surface area contributed by atoms with Crippen molar-refractivity contribution in [2.24, 2.45) is 0 Å². The molecule has 1 aromatic heterocycles. The van der Waals surface area contributed by atoms with Gasteiger partial charge in [-0.2, -0.15) is 0 Å². The van der Waals surface area contributed by atoms with Crippen molar-refractivity contribution >= 4 is 16.9 Å². The zero-order valence-electron chi connectivity index (χ0n) is 19.7. The second-order valence-corrected chi connectivity index (χ2v) is 8.89. The lowest BCUT2D eigenvalue weighted by atomic mass is 9.98. The minimum Gasteiger partial charge on any atom is -0.494 e. The molecule has 1 atom stereocenters. The van der Waals surface area contributed by atoms with E-state index in [0.717, 1.165) is 56.1 Å². The summed E-state index contributed by atoms with van der Waals surface area (Å²) in [6.07, 6.45) is 0.800. The number of aryl methyl sites for hydroxylation is 1. The second-order valence-electron chi connectivity index (χ2n) is 8.89. The Morgan fingerprint density at radius 3 is 2.68 bits per heavy atom. The Bertz CT molecular complexity index is 1260. The van der Waals surface area contributed by atoms with Crippen LogP contribution in [0.25, 0.3) is 11.0 Å². The zero-order valence-corrected chi connectivity index (χ0v) is 19.7. The molecule has 1 fully saturated rings. The highest BCUT2D eigenvalue weighted by molar-refractivity contribution is 5.99. The molecule has 1 amide bonds. The van der Waals surface area contributed by atoms with E-state index >= 15 is 0 Å². The van der Waals surface area contributed by atoms with Crippen LogP contribution in [0.1, 0.15) is 46.6 Å². The van der Waals surface area contributed by atoms with Crippen LogP contribution in [0, 0.1) is 6.92 Å². The van der Waals surface area contributed by atoms with Crippen molar-refractivity contribution in [3.8, 4) is 5.75 Å². The fourth-order valence-electron chi connectivity index (χ4n) is 4.94. The van der Waals surface area contributed by atoms with Crippen molar-refractivity contribution in [1.29, 1.82) is 0 Å². The molecule has 0 bridgehead atoms. The number of hydrogen-bond donors (Lipinski definition) is 0. The van der Waals surface area contributed by atoms with Crippen LogP contribution in [0.5, 0.6) is 5.75 Å². The fraction of sp³-hybridized carbons (Fsp3) is 0.407. The first-order valence-electron chi connectivity index (χ1n) is 12.0. The first kappa shape index (κ1) is 22.6. The van der Waals surface area contributed by atoms with Crippen molar-refractivity contribution in [2.45, 2.75) is 26.3 Å². The number of nitrogens with zero attached hydrogens (tertiary/aromatic N) is 2. The third-order valence-electron chi connectivity index (χ3n) is 6.58. The molecule has 7 heteroatoms. The monoisotopic (exact) mass is 462 g/mol. The number of benzene rings is 2. The molecule has 178 valence electrons. The molecule has 1 saturated heterocycles. The van der Waals surface area contributed by atoms with Gasteiger partial charge in [-0.15, -0.1) is 0 Å². The number of morpholine rings is 1. The summed E-state index contributed by atoms with van der Waals surface area (Å²) in [4.78, 5) is 31.4. The predicted octanol–water partition coefficient (Wildman–Crippen LogP) is 3.77. The lowest BCUT2D eigenvalue weighted by Gasteiger charge is -2.29. The van der Waals surface area contributed by atoms with Gasteiger partial charge in [-0.05, 0) is 50.1 Å². The van der Waals surface area contributed by atoms with Gasteiger partial charge in [0.2, 0.25) is 5.76 Å². The van der Waals surface area contributed by atoms with Crippen molar-refractivity contribution in [3.63, 3.8) is 0 Å². The van der Waals surface area contributed by atoms with Gasteiger partial charge in [0.05, 0.1) is 36.8 Å². The second kappa shape index (κ2) is 9.60. The number of carbonyl (C=O) groups is 1. The standard InChI is InChI=1S/C27H30N2O5/c1-3-33-20-7-4-6-19(17-20)24-23-25(30)21-16-18(2)8-9-22(21)34-26(23)27(31)29(24)11-5-10-28-12-14-32-15-13-28/h4,6-9,16-17,24H,3,5,10-15H2,1-2H3/t24-/m1/s1. The Balaban J connectivity index is 1.54. The summed E-state index contributed by atoms with van der Waals surface area (Å²) in [6, 6.07) is 12.7. The molecule has 7 nitrogen and oxygen atoms in total. The lowest BCUT2D eigenvalue weighted by molar-refractivity contribution is 0.0353. The normalized spacial score (nSPS) is 18.5. The molecule has 2 aliphatic heterocycles. The van der Waals surface area contributed by atoms with Crippen LogP contribution in [-0.4, -0.2) is 61.7 Å². The summed E-state index contributed by atoms with van der Waals surface area (Å²) in [5.41, 5.74) is 2.55. The van der Waals surface area contributed by atoms with Crippen LogP contribution in [-0.2, 0) is 4.74 Å². The third-order valence-corrected chi connectivity index (χ3v) is 6.58. The summed E-state index contributed by atoms with van der Waals surface area (Å²) in [7, 11) is 0. The Hall–Kier alpha value is -3.16. The van der Waals surface area contributed by atoms with E-state index in [0.29, 0.717) is 29.7 Å². The maximum Gasteiger partial charge on any atom is 0.290 e. The summed E-state index contributed by atoms with van der Waals surface area (Å²) in [5, 5.41) is 0.507. The Morgan fingerprint density at radius 2 is 1.88 bits per heavy atom. The average Bonchev–Trinajstić information content (AvgIpc) is 3.13. The average molecular weight is 463 g/mol. The molecule has 0 spiro atoms. The first-order chi connectivity index (χ1) is 16.6. The van der Waals surface area contributed by atoms with E-state index in [4.69, 9.17) is 13.9 Å². The molecule has 0 N–H and O–H groups in total. The largest absolute Gasteiger partial charge is 0.494 e. The Kier molecular flexibility index (Phi) is 6.39. The highest BCUT2D eigenvalue weighted by atomic mass is 16.5. The van der Waals surface area contributed by atoms with E-state index < -0.39 is 6.04 Å². The van der Waals surface area contributed by atoms with Crippen molar-refractivity contribution < 1.29 is 18.7 Å². The zero-order chi connectivity index (χ0) is 23.7. The van der Waals surface area contributed by atoms with E-state index in [1.165, 1.54) is 0 Å². The van der Waals surface area contributed by atoms with Crippen LogP contribution in [0.4, 0.5) is 0 Å². The molecule has 5 rings (SSSR count). The number of carbonyl (C=O) groups excluding carboxylic acids is 1. The van der Waals surface area contributed by atoms with Gasteiger partial charge >= 0.3 is 0 Å². The van der Waals surface area contributed by atoms with E-state index in [1.54, 1.807) is 11.0 Å². The molecule has 2 aliphatic rings. The summed E-state index contributed by atoms with van der Waals surface area (Å²) in [5.74, 6) is 0.637. The van der Waals surface area contributed by atoms with Crippen LogP contribution in [0.15, 0.2) is 51.7 Å². The Labute approximate surface area is 198 Å². The van der Waals surface area contributed by atoms with Gasteiger partial charge in [-0.1, -0.05) is 23.8 Å². The maximum absolute atomic E-state index is 13.7. The van der Waals surface area contributed by atoms with Gasteiger partial charge in [0, 0.05) is 26.2 Å². The van der Waals surface area contributed by atoms with E-state index in [2.05, 4.69) is 4.90 Å². The molecule has 0 unspecified atom stereocenters. The minimum absolute atomic E-state index is 0.143. The van der Waals surface area contributed by atoms with Crippen molar-refractivity contribution in [2.75, 3.05) is 46.0 Å². The highest BCUT2D eigenvalue weighted by Gasteiger charge is 2.42. The summed E-state index contributed by atoms with van der Waals surface area (Å²) in [6.45, 7) is 9.10. The number of hydrogen-bond acceptors (Lipinski definition) is 6. The minimum atomic E-state index is -0.506. The molecular weight excluding hydrogens is 432 g/mol. The van der Waals surface area contributed by atoms with Crippen LogP contribution < -0.4 is 10.2 Å².